The lowest BCUT2D eigenvalue weighted by molar-refractivity contribution is 0.102. The molecular weight excluding hydrogens is 394 g/mol. The largest absolute Gasteiger partial charge is 0.491 e. The van der Waals surface area contributed by atoms with Crippen molar-refractivity contribution in [3.8, 4) is 17.2 Å². The maximum Gasteiger partial charge on any atom is 0.255 e. The maximum atomic E-state index is 12.4. The molecule has 0 unspecified atom stereocenters. The van der Waals surface area contributed by atoms with Gasteiger partial charge in [0.2, 0.25) is 0 Å². The molecule has 0 saturated carbocycles. The van der Waals surface area contributed by atoms with Crippen LogP contribution in [0.2, 0.25) is 0 Å². The van der Waals surface area contributed by atoms with Crippen LogP contribution in [0.1, 0.15) is 17.3 Å². The van der Waals surface area contributed by atoms with Crippen LogP contribution in [0.15, 0.2) is 78.9 Å². The molecule has 3 aromatic rings. The molecule has 31 heavy (non-hydrogen) atoms. The first-order chi connectivity index (χ1) is 15.2. The summed E-state index contributed by atoms with van der Waals surface area (Å²) < 4.78 is 22.1. The zero-order valence-corrected chi connectivity index (χ0v) is 17.6. The third-order valence-corrected chi connectivity index (χ3v) is 4.29. The van der Waals surface area contributed by atoms with Gasteiger partial charge >= 0.3 is 0 Å². The molecule has 0 aliphatic carbocycles. The standard InChI is InChI=1S/C25H27NO5/c1-2-28-16-17-29-23-12-8-20(9-13-23)25(27)26-21-10-14-24(15-11-21)31-19-18-30-22-6-4-3-5-7-22/h3-15H,2,16-19H2,1H3,(H,26,27). The number of para-hydroxylation sites is 1. The molecule has 0 aromatic heterocycles. The molecule has 6 nitrogen and oxygen atoms in total. The lowest BCUT2D eigenvalue weighted by Gasteiger charge is -2.10. The van der Waals surface area contributed by atoms with Crippen molar-refractivity contribution < 1.29 is 23.7 Å². The van der Waals surface area contributed by atoms with Gasteiger partial charge < -0.3 is 24.3 Å². The Labute approximate surface area is 182 Å². The van der Waals surface area contributed by atoms with Gasteiger partial charge in [-0.2, -0.15) is 0 Å². The van der Waals surface area contributed by atoms with Crippen molar-refractivity contribution in [2.75, 3.05) is 38.4 Å². The Balaban J connectivity index is 1.41. The SMILES string of the molecule is CCOCCOc1ccc(C(=O)Nc2ccc(OCCOc3ccccc3)cc2)cc1. The zero-order valence-electron chi connectivity index (χ0n) is 17.6. The summed E-state index contributed by atoms with van der Waals surface area (Å²) in [6.07, 6.45) is 0. The van der Waals surface area contributed by atoms with Crippen LogP contribution in [0, 0.1) is 0 Å². The minimum absolute atomic E-state index is 0.189. The fourth-order valence-corrected chi connectivity index (χ4v) is 2.74. The van der Waals surface area contributed by atoms with Crippen LogP contribution >= 0.6 is 0 Å². The molecule has 0 atom stereocenters. The monoisotopic (exact) mass is 421 g/mol. The molecule has 0 bridgehead atoms. The molecule has 3 rings (SSSR count). The van der Waals surface area contributed by atoms with Gasteiger partial charge in [-0.15, -0.1) is 0 Å². The van der Waals surface area contributed by atoms with Crippen LogP contribution < -0.4 is 19.5 Å². The molecule has 0 fully saturated rings. The fourth-order valence-electron chi connectivity index (χ4n) is 2.74. The Morgan fingerprint density at radius 1 is 0.677 bits per heavy atom. The molecule has 0 aliphatic heterocycles. The van der Waals surface area contributed by atoms with Crippen molar-refractivity contribution in [2.24, 2.45) is 0 Å². The average molecular weight is 421 g/mol. The highest BCUT2D eigenvalue weighted by Gasteiger charge is 2.07. The van der Waals surface area contributed by atoms with E-state index in [0.717, 1.165) is 5.75 Å². The minimum Gasteiger partial charge on any atom is -0.491 e. The second-order valence-corrected chi connectivity index (χ2v) is 6.56. The number of nitrogens with one attached hydrogen (secondary N) is 1. The summed E-state index contributed by atoms with van der Waals surface area (Å²) in [5.41, 5.74) is 1.24. The van der Waals surface area contributed by atoms with Crippen LogP contribution in [-0.4, -0.2) is 38.9 Å². The van der Waals surface area contributed by atoms with Gasteiger partial charge in [0.1, 0.15) is 37.1 Å². The number of ether oxygens (including phenoxy) is 4. The highest BCUT2D eigenvalue weighted by molar-refractivity contribution is 6.04. The van der Waals surface area contributed by atoms with E-state index in [1.165, 1.54) is 0 Å². The van der Waals surface area contributed by atoms with E-state index in [-0.39, 0.29) is 5.91 Å². The molecule has 0 saturated heterocycles. The first-order valence-electron chi connectivity index (χ1n) is 10.3. The summed E-state index contributed by atoms with van der Waals surface area (Å²) in [6, 6.07) is 23.8. The summed E-state index contributed by atoms with van der Waals surface area (Å²) in [5, 5.41) is 2.87. The molecule has 162 valence electrons. The van der Waals surface area contributed by atoms with Gasteiger partial charge in [0.15, 0.2) is 0 Å². The first kappa shape index (κ1) is 22.2. The van der Waals surface area contributed by atoms with Crippen LogP contribution in [-0.2, 0) is 4.74 Å². The van der Waals surface area contributed by atoms with E-state index in [4.69, 9.17) is 18.9 Å². The van der Waals surface area contributed by atoms with Gasteiger partial charge in [-0.25, -0.2) is 0 Å². The van der Waals surface area contributed by atoms with Gasteiger partial charge in [-0.05, 0) is 67.6 Å². The predicted molar refractivity (Wildman–Crippen MR) is 120 cm³/mol. The number of hydrogen-bond donors (Lipinski definition) is 1. The molecule has 0 radical (unpaired) electrons. The lowest BCUT2D eigenvalue weighted by Crippen LogP contribution is -2.12. The van der Waals surface area contributed by atoms with Gasteiger partial charge in [0.05, 0.1) is 6.61 Å². The van der Waals surface area contributed by atoms with E-state index in [0.29, 0.717) is 55.8 Å². The number of anilines is 1. The number of hydrogen-bond acceptors (Lipinski definition) is 5. The topological polar surface area (TPSA) is 66.0 Å². The van der Waals surface area contributed by atoms with E-state index in [9.17, 15) is 4.79 Å². The lowest BCUT2D eigenvalue weighted by atomic mass is 10.2. The number of carbonyl (C=O) groups excluding carboxylic acids is 1. The van der Waals surface area contributed by atoms with E-state index in [2.05, 4.69) is 5.32 Å². The summed E-state index contributed by atoms with van der Waals surface area (Å²) in [4.78, 5) is 12.4. The second kappa shape index (κ2) is 12.2. The van der Waals surface area contributed by atoms with Gasteiger partial charge in [0, 0.05) is 17.9 Å². The molecule has 0 spiro atoms. The Kier molecular flexibility index (Phi) is 8.76. The number of carbonyl (C=O) groups is 1. The summed E-state index contributed by atoms with van der Waals surface area (Å²) in [7, 11) is 0. The van der Waals surface area contributed by atoms with Crippen LogP contribution in [0.3, 0.4) is 0 Å². The third kappa shape index (κ3) is 7.68. The minimum atomic E-state index is -0.189. The Morgan fingerprint density at radius 2 is 1.19 bits per heavy atom. The average Bonchev–Trinajstić information content (AvgIpc) is 2.82. The Morgan fingerprint density at radius 3 is 1.77 bits per heavy atom. The molecule has 0 aliphatic rings. The van der Waals surface area contributed by atoms with Crippen LogP contribution in [0.4, 0.5) is 5.69 Å². The number of benzene rings is 3. The van der Waals surface area contributed by atoms with E-state index < -0.39 is 0 Å². The van der Waals surface area contributed by atoms with Crippen molar-refractivity contribution in [3.05, 3.63) is 84.4 Å². The summed E-state index contributed by atoms with van der Waals surface area (Å²) in [5.74, 6) is 2.04. The third-order valence-electron chi connectivity index (χ3n) is 4.29. The second-order valence-electron chi connectivity index (χ2n) is 6.56. The molecule has 6 heteroatoms. The highest BCUT2D eigenvalue weighted by Crippen LogP contribution is 2.18. The van der Waals surface area contributed by atoms with Crippen molar-refractivity contribution in [3.63, 3.8) is 0 Å². The molecule has 3 aromatic carbocycles. The molecular formula is C25H27NO5. The van der Waals surface area contributed by atoms with Crippen LogP contribution in [0.25, 0.3) is 0 Å². The van der Waals surface area contributed by atoms with Crippen molar-refractivity contribution in [2.45, 2.75) is 6.92 Å². The highest BCUT2D eigenvalue weighted by atomic mass is 16.5. The van der Waals surface area contributed by atoms with Gasteiger partial charge in [-0.3, -0.25) is 4.79 Å². The van der Waals surface area contributed by atoms with E-state index >= 15 is 0 Å². The number of rotatable bonds is 12. The first-order valence-corrected chi connectivity index (χ1v) is 10.3. The maximum absolute atomic E-state index is 12.4. The quantitative estimate of drug-likeness (QED) is 0.425. The molecule has 0 heterocycles. The van der Waals surface area contributed by atoms with Crippen molar-refractivity contribution in [1.82, 2.24) is 0 Å². The number of amides is 1. The van der Waals surface area contributed by atoms with Crippen molar-refractivity contribution >= 4 is 11.6 Å². The summed E-state index contributed by atoms with van der Waals surface area (Å²) in [6.45, 7) is 4.51. The van der Waals surface area contributed by atoms with Crippen LogP contribution in [0.5, 0.6) is 17.2 Å². The Hall–Kier alpha value is -3.51. The Bertz CT molecular complexity index is 911. The normalized spacial score (nSPS) is 10.4. The van der Waals surface area contributed by atoms with E-state index in [1.54, 1.807) is 36.4 Å². The smallest absolute Gasteiger partial charge is 0.255 e. The molecule has 1 amide bonds. The van der Waals surface area contributed by atoms with E-state index in [1.807, 2.05) is 49.4 Å². The van der Waals surface area contributed by atoms with Gasteiger partial charge in [0.25, 0.3) is 5.91 Å². The molecule has 1 N–H and O–H groups in total. The predicted octanol–water partition coefficient (Wildman–Crippen LogP) is 4.81. The van der Waals surface area contributed by atoms with Gasteiger partial charge in [-0.1, -0.05) is 18.2 Å². The summed E-state index contributed by atoms with van der Waals surface area (Å²) >= 11 is 0. The zero-order chi connectivity index (χ0) is 21.7. The fraction of sp³-hybridized carbons (Fsp3) is 0.240. The van der Waals surface area contributed by atoms with Crippen molar-refractivity contribution in [1.29, 1.82) is 0 Å².